The predicted molar refractivity (Wildman–Crippen MR) is 194 cm³/mol. The van der Waals surface area contributed by atoms with Crippen LogP contribution >= 0.6 is 0 Å². The Morgan fingerprint density at radius 3 is 1.70 bits per heavy atom. The highest BCUT2D eigenvalue weighted by molar-refractivity contribution is 7.00. The van der Waals surface area contributed by atoms with Crippen LogP contribution in [0.2, 0.25) is 0 Å². The molecule has 0 N–H and O–H groups in total. The second-order valence-corrected chi connectivity index (χ2v) is 13.2. The fourth-order valence-electron chi connectivity index (χ4n) is 9.79. The first kappa shape index (κ1) is 22.5. The number of fused-ring (bicyclic) bond motifs is 17. The highest BCUT2D eigenvalue weighted by Gasteiger charge is 2.41. The zero-order valence-electron chi connectivity index (χ0n) is 24.6. The summed E-state index contributed by atoms with van der Waals surface area (Å²) in [6.45, 7) is 0.132. The van der Waals surface area contributed by atoms with Crippen molar-refractivity contribution in [2.75, 3.05) is 0 Å². The zero-order chi connectivity index (χ0) is 29.4. The molecule has 2 aliphatic rings. The van der Waals surface area contributed by atoms with Gasteiger partial charge in [-0.15, -0.1) is 0 Å². The Hall–Kier alpha value is -6.00. The van der Waals surface area contributed by atoms with Crippen molar-refractivity contribution in [1.82, 2.24) is 13.5 Å². The van der Waals surface area contributed by atoms with E-state index in [9.17, 15) is 0 Å². The summed E-state index contributed by atoms with van der Waals surface area (Å²) in [5.41, 5.74) is 16.0. The molecule has 208 valence electrons. The molecule has 0 fully saturated rings. The molecular formula is C42H22BN3. The molecule has 0 unspecified atom stereocenters. The summed E-state index contributed by atoms with van der Waals surface area (Å²) in [7, 11) is 0. The maximum atomic E-state index is 2.58. The van der Waals surface area contributed by atoms with Crippen molar-refractivity contribution in [3.8, 4) is 11.4 Å². The van der Waals surface area contributed by atoms with Gasteiger partial charge in [-0.3, -0.25) is 0 Å². The van der Waals surface area contributed by atoms with Gasteiger partial charge in [-0.05, 0) is 46.7 Å². The normalized spacial score (nSPS) is 13.6. The van der Waals surface area contributed by atoms with Gasteiger partial charge >= 0.3 is 0 Å². The molecular weight excluding hydrogens is 557 g/mol. The first-order chi connectivity index (χ1) is 22.9. The quantitative estimate of drug-likeness (QED) is 0.161. The molecule has 3 nitrogen and oxygen atoms in total. The number of aromatic nitrogens is 3. The average molecular weight is 579 g/mol. The molecule has 0 aliphatic carbocycles. The van der Waals surface area contributed by atoms with Crippen molar-refractivity contribution in [3.05, 3.63) is 133 Å². The van der Waals surface area contributed by atoms with E-state index in [0.717, 1.165) is 0 Å². The number of rotatable bonds is 0. The lowest BCUT2D eigenvalue weighted by Gasteiger charge is -2.33. The molecule has 4 heteroatoms. The van der Waals surface area contributed by atoms with E-state index < -0.39 is 0 Å². The molecule has 7 aromatic carbocycles. The van der Waals surface area contributed by atoms with Gasteiger partial charge < -0.3 is 13.5 Å². The van der Waals surface area contributed by atoms with Crippen molar-refractivity contribution < 1.29 is 0 Å². The second kappa shape index (κ2) is 7.27. The Kier molecular flexibility index (Phi) is 3.56. The van der Waals surface area contributed by atoms with Crippen molar-refractivity contribution in [2.45, 2.75) is 0 Å². The molecule has 0 spiro atoms. The van der Waals surface area contributed by atoms with Crippen LogP contribution in [0.1, 0.15) is 0 Å². The smallest absolute Gasteiger partial charge is 0.252 e. The van der Waals surface area contributed by atoms with E-state index in [4.69, 9.17) is 0 Å². The third-order valence-corrected chi connectivity index (χ3v) is 11.3. The average Bonchev–Trinajstić information content (AvgIpc) is 3.84. The molecule has 4 aromatic heterocycles. The third-order valence-electron chi connectivity index (χ3n) is 11.3. The summed E-state index contributed by atoms with van der Waals surface area (Å²) < 4.78 is 7.68. The van der Waals surface area contributed by atoms with E-state index in [2.05, 4.69) is 147 Å². The number of benzene rings is 7. The third kappa shape index (κ3) is 2.22. The minimum atomic E-state index is 0.132. The van der Waals surface area contributed by atoms with Crippen molar-refractivity contribution in [3.63, 3.8) is 0 Å². The van der Waals surface area contributed by atoms with Crippen LogP contribution in [-0.4, -0.2) is 20.2 Å². The van der Waals surface area contributed by atoms with Crippen LogP contribution in [0.4, 0.5) is 0 Å². The van der Waals surface area contributed by atoms with Gasteiger partial charge in [0.1, 0.15) is 0 Å². The van der Waals surface area contributed by atoms with Gasteiger partial charge in [0.15, 0.2) is 0 Å². The molecule has 11 aromatic rings. The number of hydrogen-bond donors (Lipinski definition) is 0. The molecule has 2 aliphatic heterocycles. The lowest BCUT2D eigenvalue weighted by atomic mass is 9.34. The maximum Gasteiger partial charge on any atom is 0.252 e. The number of para-hydroxylation sites is 5. The van der Waals surface area contributed by atoms with Crippen LogP contribution in [0, 0.1) is 0 Å². The van der Waals surface area contributed by atoms with Crippen LogP contribution in [0.15, 0.2) is 133 Å². The minimum Gasteiger partial charge on any atom is -0.310 e. The van der Waals surface area contributed by atoms with Gasteiger partial charge in [-0.25, -0.2) is 0 Å². The van der Waals surface area contributed by atoms with Crippen LogP contribution in [0.5, 0.6) is 0 Å². The topological polar surface area (TPSA) is 14.3 Å². The van der Waals surface area contributed by atoms with E-state index in [0.29, 0.717) is 0 Å². The zero-order valence-corrected chi connectivity index (χ0v) is 24.6. The lowest BCUT2D eigenvalue weighted by Crippen LogP contribution is -2.59. The van der Waals surface area contributed by atoms with E-state index in [1.807, 2.05) is 0 Å². The van der Waals surface area contributed by atoms with Gasteiger partial charge in [0.2, 0.25) is 0 Å². The van der Waals surface area contributed by atoms with Crippen LogP contribution in [0.25, 0.3) is 93.1 Å². The van der Waals surface area contributed by atoms with Gasteiger partial charge in [0, 0.05) is 60.0 Å². The van der Waals surface area contributed by atoms with Gasteiger partial charge in [0.05, 0.1) is 33.1 Å². The second-order valence-electron chi connectivity index (χ2n) is 13.2. The summed E-state index contributed by atoms with van der Waals surface area (Å²) in [5.74, 6) is 0. The Labute approximate surface area is 262 Å². The molecule has 0 saturated heterocycles. The van der Waals surface area contributed by atoms with E-state index in [1.165, 1.54) is 109 Å². The van der Waals surface area contributed by atoms with Gasteiger partial charge in [0.25, 0.3) is 6.71 Å². The SMILES string of the molecule is c1cc2c3c(c1)-n1c4ccccc4c4c1c(cc1c5cccc6c7ccccc7n(c65)c14)B3c1cccc3c4ccccc4n-2c13. The highest BCUT2D eigenvalue weighted by Crippen LogP contribution is 2.45. The van der Waals surface area contributed by atoms with Crippen LogP contribution in [0.3, 0.4) is 0 Å². The van der Waals surface area contributed by atoms with Crippen LogP contribution in [-0.2, 0) is 0 Å². The predicted octanol–water partition coefficient (Wildman–Crippen LogP) is 8.17. The highest BCUT2D eigenvalue weighted by atomic mass is 15.0. The van der Waals surface area contributed by atoms with Crippen molar-refractivity contribution >= 4 is 105 Å². The fraction of sp³-hybridized carbons (Fsp3) is 0. The summed E-state index contributed by atoms with van der Waals surface area (Å²) in [6.07, 6.45) is 0. The molecule has 0 radical (unpaired) electrons. The molecule has 0 amide bonds. The standard InChI is InChI=1S/C42H22BN3/c1-4-17-32-24(11-1)26-15-8-16-30-40(26)44(32)35-20-9-21-36-38(35)43(30)31-22-29-27-14-7-13-25-23-10-2-5-18-33(23)46(39(25)27)41(29)37-28-12-3-6-19-34(28)45(36)42(31)37/h1-22H. The Morgan fingerprint density at radius 1 is 0.370 bits per heavy atom. The molecule has 13 rings (SSSR count). The first-order valence-electron chi connectivity index (χ1n) is 16.2. The molecule has 0 bridgehead atoms. The van der Waals surface area contributed by atoms with Crippen molar-refractivity contribution in [1.29, 1.82) is 0 Å². The monoisotopic (exact) mass is 579 g/mol. The van der Waals surface area contributed by atoms with E-state index in [1.54, 1.807) is 0 Å². The fourth-order valence-corrected chi connectivity index (χ4v) is 9.79. The number of hydrogen-bond acceptors (Lipinski definition) is 0. The number of nitrogens with zero attached hydrogens (tertiary/aromatic N) is 3. The van der Waals surface area contributed by atoms with E-state index >= 15 is 0 Å². The summed E-state index contributed by atoms with van der Waals surface area (Å²) >= 11 is 0. The van der Waals surface area contributed by atoms with Crippen LogP contribution < -0.4 is 16.4 Å². The largest absolute Gasteiger partial charge is 0.310 e. The molecule has 46 heavy (non-hydrogen) atoms. The molecule has 6 heterocycles. The Balaban J connectivity index is 1.34. The van der Waals surface area contributed by atoms with Gasteiger partial charge in [-0.1, -0.05) is 103 Å². The molecule has 0 atom stereocenters. The Bertz CT molecular complexity index is 3210. The van der Waals surface area contributed by atoms with E-state index in [-0.39, 0.29) is 6.71 Å². The molecule has 0 saturated carbocycles. The maximum absolute atomic E-state index is 2.58. The summed E-state index contributed by atoms with van der Waals surface area (Å²) in [6, 6.07) is 50.3. The van der Waals surface area contributed by atoms with Gasteiger partial charge in [-0.2, -0.15) is 0 Å². The first-order valence-corrected chi connectivity index (χ1v) is 16.2. The lowest BCUT2D eigenvalue weighted by molar-refractivity contribution is 1.14. The minimum absolute atomic E-state index is 0.132. The Morgan fingerprint density at radius 2 is 0.913 bits per heavy atom. The van der Waals surface area contributed by atoms with Crippen molar-refractivity contribution in [2.24, 2.45) is 0 Å². The summed E-state index contributed by atoms with van der Waals surface area (Å²) in [4.78, 5) is 0. The summed E-state index contributed by atoms with van der Waals surface area (Å²) in [5, 5.41) is 10.6.